The van der Waals surface area contributed by atoms with Gasteiger partial charge in [0.1, 0.15) is 24.0 Å². The van der Waals surface area contributed by atoms with Crippen LogP contribution in [-0.4, -0.2) is 78.5 Å². The molecule has 3 saturated heterocycles. The molecule has 0 amide bonds. The standard InChI is InChI=1S/C37H58FN7O3S/c1-25-10-8-11-26(2)35(25)32-19-34-42-36(41-32)43-49(46,47)31-14-9-13-28(18-31)22-44(30(24-48-34)15-16-37(4,5)38)23-29-20-39-21-33(40-29)45-17-7-6-12-27(45)3/h8,10-11,20-21,27-28,30-32,34,36,41-43H,6-7,9,12-19,22-24H2,1-5H3/t27-,28?,30?,31?,32?,34?,36?/m1/s1. The van der Waals surface area contributed by atoms with E-state index in [4.69, 9.17) is 9.72 Å². The predicted molar refractivity (Wildman–Crippen MR) is 192 cm³/mol. The van der Waals surface area contributed by atoms with Crippen LogP contribution < -0.4 is 20.3 Å². The molecule has 3 aliphatic heterocycles. The van der Waals surface area contributed by atoms with Crippen molar-refractivity contribution >= 4 is 15.8 Å². The molecule has 6 rings (SSSR count). The maximum atomic E-state index is 15.1. The number of halogens is 1. The number of nitrogens with zero attached hydrogens (tertiary/aromatic N) is 4. The van der Waals surface area contributed by atoms with Crippen molar-refractivity contribution in [2.75, 3.05) is 24.6 Å². The van der Waals surface area contributed by atoms with Gasteiger partial charge < -0.3 is 9.64 Å². The molecule has 6 unspecified atom stereocenters. The van der Waals surface area contributed by atoms with Gasteiger partial charge in [-0.3, -0.25) is 20.5 Å². The summed E-state index contributed by atoms with van der Waals surface area (Å²) >= 11 is 0. The van der Waals surface area contributed by atoms with E-state index < -0.39 is 33.5 Å². The van der Waals surface area contributed by atoms with Crippen molar-refractivity contribution in [3.63, 3.8) is 0 Å². The molecule has 4 bridgehead atoms. The van der Waals surface area contributed by atoms with Crippen LogP contribution in [-0.2, 0) is 21.3 Å². The molecule has 1 aromatic heterocycles. The van der Waals surface area contributed by atoms with Crippen molar-refractivity contribution in [2.24, 2.45) is 5.92 Å². The molecular weight excluding hydrogens is 642 g/mol. The molecule has 2 aromatic rings. The van der Waals surface area contributed by atoms with Gasteiger partial charge in [0, 0.05) is 50.4 Å². The van der Waals surface area contributed by atoms with Gasteiger partial charge in [-0.05, 0) is 109 Å². The normalized spacial score (nSPS) is 31.7. The number of fused-ring (bicyclic) bond motifs is 4. The maximum absolute atomic E-state index is 15.1. The van der Waals surface area contributed by atoms with Gasteiger partial charge in [-0.25, -0.2) is 17.8 Å². The second kappa shape index (κ2) is 15.6. The quantitative estimate of drug-likeness (QED) is 0.340. The van der Waals surface area contributed by atoms with Gasteiger partial charge in [-0.15, -0.1) is 0 Å². The summed E-state index contributed by atoms with van der Waals surface area (Å²) < 4.78 is 52.7. The highest BCUT2D eigenvalue weighted by atomic mass is 32.2. The minimum atomic E-state index is -3.64. The van der Waals surface area contributed by atoms with E-state index in [1.54, 1.807) is 13.8 Å². The van der Waals surface area contributed by atoms with Crippen LogP contribution in [0, 0.1) is 19.8 Å². The number of alkyl halides is 1. The molecule has 0 radical (unpaired) electrons. The summed E-state index contributed by atoms with van der Waals surface area (Å²) in [6.07, 6.45) is 10.8. The van der Waals surface area contributed by atoms with Crippen LogP contribution in [0.1, 0.15) is 113 Å². The third kappa shape index (κ3) is 9.37. The van der Waals surface area contributed by atoms with Gasteiger partial charge in [0.05, 0.1) is 23.7 Å². The summed E-state index contributed by atoms with van der Waals surface area (Å²) in [4.78, 5) is 14.5. The number of nitrogens with one attached hydrogen (secondary N) is 3. The fraction of sp³-hybridized carbons (Fsp3) is 0.730. The largest absolute Gasteiger partial charge is 0.362 e. The number of hydrogen-bond acceptors (Lipinski definition) is 9. The molecular formula is C37H58FN7O3S. The van der Waals surface area contributed by atoms with E-state index in [9.17, 15) is 8.42 Å². The molecule has 3 N–H and O–H groups in total. The number of rotatable bonds is 7. The predicted octanol–water partition coefficient (Wildman–Crippen LogP) is 5.61. The van der Waals surface area contributed by atoms with E-state index in [0.717, 1.165) is 54.9 Å². The Labute approximate surface area is 293 Å². The van der Waals surface area contributed by atoms with Crippen LogP contribution in [0.3, 0.4) is 0 Å². The lowest BCUT2D eigenvalue weighted by atomic mass is 9.87. The van der Waals surface area contributed by atoms with Crippen LogP contribution in [0.5, 0.6) is 0 Å². The summed E-state index contributed by atoms with van der Waals surface area (Å²) in [7, 11) is -3.64. The topological polar surface area (TPSA) is 112 Å². The zero-order valence-corrected chi connectivity index (χ0v) is 30.9. The number of aromatic nitrogens is 2. The number of ether oxygens (including phenoxy) is 1. The molecule has 49 heavy (non-hydrogen) atoms. The van der Waals surface area contributed by atoms with Crippen LogP contribution in [0.2, 0.25) is 0 Å². The fourth-order valence-corrected chi connectivity index (χ4v) is 10.2. The number of hydrogen-bond donors (Lipinski definition) is 3. The van der Waals surface area contributed by atoms with E-state index in [2.05, 4.69) is 69.1 Å². The lowest BCUT2D eigenvalue weighted by molar-refractivity contribution is -0.0486. The molecule has 1 aromatic carbocycles. The molecule has 4 aliphatic rings. The fourth-order valence-electron chi connectivity index (χ4n) is 8.54. The maximum Gasteiger partial charge on any atom is 0.216 e. The minimum Gasteiger partial charge on any atom is -0.362 e. The molecule has 1 saturated carbocycles. The summed E-state index contributed by atoms with van der Waals surface area (Å²) in [5.74, 6) is 1.09. The average molecular weight is 700 g/mol. The van der Waals surface area contributed by atoms with Crippen molar-refractivity contribution in [3.05, 3.63) is 53.0 Å². The highest BCUT2D eigenvalue weighted by molar-refractivity contribution is 7.90. The second-order valence-corrected chi connectivity index (χ2v) is 17.7. The zero-order chi connectivity index (χ0) is 34.8. The second-order valence-electron chi connectivity index (χ2n) is 15.7. The highest BCUT2D eigenvalue weighted by Crippen LogP contribution is 2.34. The van der Waals surface area contributed by atoms with Gasteiger partial charge in [0.2, 0.25) is 10.0 Å². The Hall–Kier alpha value is -2.22. The molecule has 4 heterocycles. The van der Waals surface area contributed by atoms with Crippen molar-refractivity contribution in [1.82, 2.24) is 30.2 Å². The Morgan fingerprint density at radius 1 is 1.04 bits per heavy atom. The van der Waals surface area contributed by atoms with Crippen LogP contribution in [0.25, 0.3) is 0 Å². The lowest BCUT2D eigenvalue weighted by Gasteiger charge is -2.40. The van der Waals surface area contributed by atoms with Crippen LogP contribution >= 0.6 is 0 Å². The van der Waals surface area contributed by atoms with Crippen LogP contribution in [0.15, 0.2) is 30.6 Å². The molecule has 10 nitrogen and oxygen atoms in total. The Morgan fingerprint density at radius 2 is 1.84 bits per heavy atom. The summed E-state index contributed by atoms with van der Waals surface area (Å²) in [5.41, 5.74) is 3.04. The number of piperidine rings is 1. The van der Waals surface area contributed by atoms with Gasteiger partial charge in [-0.2, -0.15) is 4.72 Å². The first kappa shape index (κ1) is 36.6. The van der Waals surface area contributed by atoms with E-state index in [-0.39, 0.29) is 18.0 Å². The third-order valence-electron chi connectivity index (χ3n) is 11.2. The summed E-state index contributed by atoms with van der Waals surface area (Å²) in [5, 5.41) is 6.49. The minimum absolute atomic E-state index is 0.0890. The molecule has 0 spiro atoms. The molecule has 4 fully saturated rings. The number of benzene rings is 1. The summed E-state index contributed by atoms with van der Waals surface area (Å²) in [6.45, 7) is 12.3. The highest BCUT2D eigenvalue weighted by Gasteiger charge is 2.39. The first-order valence-electron chi connectivity index (χ1n) is 18.6. The first-order valence-corrected chi connectivity index (χ1v) is 20.1. The van der Waals surface area contributed by atoms with Gasteiger partial charge >= 0.3 is 0 Å². The van der Waals surface area contributed by atoms with Crippen molar-refractivity contribution in [3.8, 4) is 0 Å². The summed E-state index contributed by atoms with van der Waals surface area (Å²) in [6, 6.07) is 6.47. The number of sulfonamides is 1. The zero-order valence-electron chi connectivity index (χ0n) is 30.1. The Balaban J connectivity index is 1.32. The Kier molecular flexibility index (Phi) is 11.6. The molecule has 272 valence electrons. The van der Waals surface area contributed by atoms with Crippen molar-refractivity contribution in [2.45, 2.75) is 147 Å². The van der Waals surface area contributed by atoms with Crippen molar-refractivity contribution < 1.29 is 17.5 Å². The Morgan fingerprint density at radius 3 is 2.59 bits per heavy atom. The van der Waals surface area contributed by atoms with E-state index in [0.29, 0.717) is 57.8 Å². The SMILES string of the molecule is Cc1cccc(C)c1C1CC2NC(N1)NS(=O)(=O)C1CCCC(C1)CN(Cc1cncc(N3CCCC[C@H]3C)n1)C(CCC(C)(C)F)CO2. The van der Waals surface area contributed by atoms with Crippen LogP contribution in [0.4, 0.5) is 10.2 Å². The molecule has 12 heteroatoms. The number of anilines is 1. The van der Waals surface area contributed by atoms with Gasteiger partial charge in [-0.1, -0.05) is 24.6 Å². The number of aryl methyl sites for hydroxylation is 2. The van der Waals surface area contributed by atoms with E-state index in [1.807, 2.05) is 12.4 Å². The molecule has 1 aliphatic carbocycles. The first-order chi connectivity index (χ1) is 23.3. The van der Waals surface area contributed by atoms with E-state index in [1.165, 1.54) is 12.0 Å². The monoisotopic (exact) mass is 699 g/mol. The Bertz CT molecular complexity index is 1500. The lowest BCUT2D eigenvalue weighted by Crippen LogP contribution is -2.64. The third-order valence-corrected chi connectivity index (χ3v) is 13.1. The molecule has 7 atom stereocenters. The van der Waals surface area contributed by atoms with Gasteiger partial charge in [0.15, 0.2) is 0 Å². The smallest absolute Gasteiger partial charge is 0.216 e. The average Bonchev–Trinajstić information content (AvgIpc) is 3.04. The van der Waals surface area contributed by atoms with Gasteiger partial charge in [0.25, 0.3) is 0 Å². The van der Waals surface area contributed by atoms with Crippen molar-refractivity contribution in [1.29, 1.82) is 0 Å². The van der Waals surface area contributed by atoms with E-state index >= 15 is 4.39 Å².